The summed E-state index contributed by atoms with van der Waals surface area (Å²) in [6, 6.07) is 91.6. The van der Waals surface area contributed by atoms with E-state index >= 15 is 0 Å². The van der Waals surface area contributed by atoms with Gasteiger partial charge in [-0.05, 0) is 130 Å². The second kappa shape index (κ2) is 17.6. The number of fused-ring (bicyclic) bond motifs is 15. The maximum atomic E-state index is 6.80. The summed E-state index contributed by atoms with van der Waals surface area (Å²) in [5.41, 5.74) is 18.2. The first kappa shape index (κ1) is 45.5. The Hall–Kier alpha value is -11.4. The summed E-state index contributed by atoms with van der Waals surface area (Å²) in [5, 5.41) is 10.6. The average molecular weight is 1060 g/mol. The van der Waals surface area contributed by atoms with Crippen molar-refractivity contribution in [3.8, 4) is 67.8 Å². The van der Waals surface area contributed by atoms with Crippen LogP contribution in [0.4, 0.5) is 0 Å². The molecule has 12 aromatic carbocycles. The molecule has 0 spiro atoms. The van der Waals surface area contributed by atoms with Crippen molar-refractivity contribution >= 4 is 109 Å². The highest BCUT2D eigenvalue weighted by Gasteiger charge is 2.24. The van der Waals surface area contributed by atoms with Gasteiger partial charge in [-0.2, -0.15) is 9.97 Å². The molecule has 0 aliphatic heterocycles. The van der Waals surface area contributed by atoms with Crippen LogP contribution >= 0.6 is 0 Å². The molecule has 8 heteroatoms. The Morgan fingerprint density at radius 2 is 0.783 bits per heavy atom. The minimum absolute atomic E-state index is 0.493. The minimum atomic E-state index is 0.493. The van der Waals surface area contributed by atoms with Gasteiger partial charge in [0, 0.05) is 70.7 Å². The van der Waals surface area contributed by atoms with Gasteiger partial charge in [-0.1, -0.05) is 164 Å². The molecule has 83 heavy (non-hydrogen) atoms. The summed E-state index contributed by atoms with van der Waals surface area (Å²) in [6.07, 6.45) is 0. The van der Waals surface area contributed by atoms with Crippen molar-refractivity contribution in [1.29, 1.82) is 0 Å². The summed E-state index contributed by atoms with van der Waals surface area (Å²) in [6.45, 7) is 0. The van der Waals surface area contributed by atoms with Gasteiger partial charge in [0.25, 0.3) is 0 Å². The van der Waals surface area contributed by atoms with Crippen molar-refractivity contribution in [2.45, 2.75) is 0 Å². The predicted molar refractivity (Wildman–Crippen MR) is 338 cm³/mol. The summed E-state index contributed by atoms with van der Waals surface area (Å²) in [4.78, 5) is 16.3. The predicted octanol–water partition coefficient (Wildman–Crippen LogP) is 20.1. The van der Waals surface area contributed by atoms with E-state index in [9.17, 15) is 0 Å². The number of para-hydroxylation sites is 5. The number of aromatic nitrogens is 5. The Balaban J connectivity index is 0.852. The lowest BCUT2D eigenvalue weighted by Crippen LogP contribution is -2.06. The van der Waals surface area contributed by atoms with Crippen molar-refractivity contribution in [1.82, 2.24) is 24.1 Å². The van der Waals surface area contributed by atoms with Crippen molar-refractivity contribution in [3.63, 3.8) is 0 Å². The molecule has 0 fully saturated rings. The summed E-state index contributed by atoms with van der Waals surface area (Å²) >= 11 is 0. The van der Waals surface area contributed by atoms with Gasteiger partial charge >= 0.3 is 0 Å². The second-order valence-corrected chi connectivity index (χ2v) is 21.4. The van der Waals surface area contributed by atoms with Crippen LogP contribution < -0.4 is 0 Å². The van der Waals surface area contributed by atoms with Crippen LogP contribution in [0.25, 0.3) is 177 Å². The summed E-state index contributed by atoms with van der Waals surface area (Å²) in [5.74, 6) is 1.51. The molecule has 0 unspecified atom stereocenters. The van der Waals surface area contributed by atoms with Crippen LogP contribution in [0.1, 0.15) is 0 Å². The van der Waals surface area contributed by atoms with Gasteiger partial charge in [0.15, 0.2) is 11.6 Å². The van der Waals surface area contributed by atoms with Gasteiger partial charge in [-0.3, -0.25) is 4.57 Å². The summed E-state index contributed by atoms with van der Waals surface area (Å²) in [7, 11) is 0. The monoisotopic (exact) mass is 1060 g/mol. The molecule has 18 aromatic rings. The first-order valence-corrected chi connectivity index (χ1v) is 27.9. The number of furan rings is 3. The Labute approximate surface area is 473 Å². The van der Waals surface area contributed by atoms with E-state index in [1.165, 1.54) is 10.8 Å². The molecule has 0 saturated heterocycles. The molecule has 0 N–H and O–H groups in total. The van der Waals surface area contributed by atoms with Crippen LogP contribution in [0, 0.1) is 0 Å². The van der Waals surface area contributed by atoms with E-state index in [1.54, 1.807) is 0 Å². The third-order valence-corrected chi connectivity index (χ3v) is 16.8. The Kier molecular flexibility index (Phi) is 9.64. The van der Waals surface area contributed by atoms with Gasteiger partial charge in [0.05, 0.1) is 22.1 Å². The van der Waals surface area contributed by atoms with Gasteiger partial charge in [0.2, 0.25) is 5.95 Å². The lowest BCUT2D eigenvalue weighted by atomic mass is 9.93. The molecule has 386 valence electrons. The van der Waals surface area contributed by atoms with E-state index in [0.29, 0.717) is 17.6 Å². The van der Waals surface area contributed by atoms with Crippen molar-refractivity contribution in [2.24, 2.45) is 0 Å². The molecule has 0 radical (unpaired) electrons. The second-order valence-electron chi connectivity index (χ2n) is 21.4. The van der Waals surface area contributed by atoms with Crippen LogP contribution in [0.15, 0.2) is 274 Å². The quantitative estimate of drug-likeness (QED) is 0.158. The highest BCUT2D eigenvalue weighted by atomic mass is 16.3. The molecule has 0 atom stereocenters. The third kappa shape index (κ3) is 6.96. The number of rotatable bonds is 7. The Morgan fingerprint density at radius 1 is 0.241 bits per heavy atom. The van der Waals surface area contributed by atoms with Crippen LogP contribution in [0.2, 0.25) is 0 Å². The molecule has 0 saturated carbocycles. The van der Waals surface area contributed by atoms with E-state index in [-0.39, 0.29) is 0 Å². The van der Waals surface area contributed by atoms with E-state index < -0.39 is 0 Å². The molecule has 6 aromatic heterocycles. The number of hydrogen-bond donors (Lipinski definition) is 0. The molecule has 18 rings (SSSR count). The topological polar surface area (TPSA) is 88.0 Å². The number of hydrogen-bond acceptors (Lipinski definition) is 6. The van der Waals surface area contributed by atoms with Gasteiger partial charge < -0.3 is 17.8 Å². The maximum absolute atomic E-state index is 6.80. The zero-order valence-electron chi connectivity index (χ0n) is 44.3. The van der Waals surface area contributed by atoms with E-state index in [4.69, 9.17) is 28.2 Å². The molecule has 8 nitrogen and oxygen atoms in total. The molecular formula is C75H43N5O3. The fourth-order valence-electron chi connectivity index (χ4n) is 13.0. The lowest BCUT2D eigenvalue weighted by Gasteiger charge is -2.12. The molecule has 6 heterocycles. The Morgan fingerprint density at radius 3 is 1.63 bits per heavy atom. The molecule has 0 aliphatic rings. The number of nitrogens with zero attached hydrogens (tertiary/aromatic N) is 5. The first-order valence-electron chi connectivity index (χ1n) is 27.9. The standard InChI is InChI=1S/C75H43N5O3/c1-3-16-44(17-4-1)45-32-36-63-59(38-45)52-21-8-12-26-62(52)80(63)75-77-73(48-31-35-55-54-22-9-13-27-65(54)82-69(55)42-48)76-74(78-75)57-24-15-29-68-72(57)60-39-47(33-37-67(60)81-68)58-40-49(43-70-71(58)56-23-10-14-28-66(56)83-70)46-30-34-53-51-20-7-11-25-61(51)79(64(53)41-46)50-18-5-2-6-19-50/h1-43H. The molecule has 0 bridgehead atoms. The van der Waals surface area contributed by atoms with E-state index in [2.05, 4.69) is 228 Å². The van der Waals surface area contributed by atoms with Crippen LogP contribution in [0.3, 0.4) is 0 Å². The fourth-order valence-corrected chi connectivity index (χ4v) is 13.0. The molecular weight excluding hydrogens is 1020 g/mol. The Bertz CT molecular complexity index is 5710. The van der Waals surface area contributed by atoms with Crippen molar-refractivity contribution in [3.05, 3.63) is 261 Å². The van der Waals surface area contributed by atoms with Crippen molar-refractivity contribution < 1.29 is 13.3 Å². The van der Waals surface area contributed by atoms with Crippen molar-refractivity contribution in [2.75, 3.05) is 0 Å². The zero-order chi connectivity index (χ0) is 54.3. The SMILES string of the molecule is c1ccc(-c2ccc3c(c2)c2ccccc2n3-c2nc(-c3ccc4c(c3)oc3ccccc34)nc(-c3cccc4oc5ccc(-c6cc(-c7ccc8c9ccccc9n(-c9ccccc9)c8c7)cc7oc8ccccc8c67)cc5c34)n2)cc1. The van der Waals surface area contributed by atoms with Crippen LogP contribution in [0.5, 0.6) is 0 Å². The number of benzene rings is 12. The average Bonchev–Trinajstić information content (AvgIpc) is 4.57. The lowest BCUT2D eigenvalue weighted by molar-refractivity contribution is 0.668. The molecule has 0 amide bonds. The van der Waals surface area contributed by atoms with E-state index in [0.717, 1.165) is 149 Å². The van der Waals surface area contributed by atoms with Crippen LogP contribution in [-0.4, -0.2) is 24.1 Å². The van der Waals surface area contributed by atoms with E-state index in [1.807, 2.05) is 42.5 Å². The van der Waals surface area contributed by atoms with Gasteiger partial charge in [-0.25, -0.2) is 4.98 Å². The highest BCUT2D eigenvalue weighted by Crippen LogP contribution is 2.45. The smallest absolute Gasteiger partial charge is 0.238 e. The third-order valence-electron chi connectivity index (χ3n) is 16.8. The zero-order valence-corrected chi connectivity index (χ0v) is 44.3. The fraction of sp³-hybridized carbons (Fsp3) is 0. The molecule has 0 aliphatic carbocycles. The summed E-state index contributed by atoms with van der Waals surface area (Å²) < 4.78 is 24.6. The van der Waals surface area contributed by atoms with Crippen LogP contribution in [-0.2, 0) is 0 Å². The maximum Gasteiger partial charge on any atom is 0.238 e. The normalized spacial score (nSPS) is 12.1. The largest absolute Gasteiger partial charge is 0.456 e. The first-order chi connectivity index (χ1) is 41.1. The van der Waals surface area contributed by atoms with Gasteiger partial charge in [-0.15, -0.1) is 0 Å². The van der Waals surface area contributed by atoms with Gasteiger partial charge in [0.1, 0.15) is 33.5 Å². The minimum Gasteiger partial charge on any atom is -0.456 e. The highest BCUT2D eigenvalue weighted by molar-refractivity contribution is 6.18.